The van der Waals surface area contributed by atoms with Crippen LogP contribution in [0.5, 0.6) is 0 Å². The van der Waals surface area contributed by atoms with Crippen molar-refractivity contribution in [1.82, 2.24) is 10.2 Å². The molecular weight excluding hydrogens is 308 g/mol. The molecule has 2 aromatic carbocycles. The van der Waals surface area contributed by atoms with E-state index in [2.05, 4.69) is 24.3 Å². The average Bonchev–Trinajstić information content (AvgIpc) is 2.53. The van der Waals surface area contributed by atoms with Crippen LogP contribution < -0.4 is 5.32 Å². The van der Waals surface area contributed by atoms with Gasteiger partial charge in [-0.05, 0) is 50.3 Å². The standard InChI is InChI=1S/C19H26N2O.ClH/c1-21(2)15-8-4-3-7-14-20-19(22)18-13-9-11-16-10-5-6-12-17(16)18;/h5-6,9-13H,3-4,7-8,14-15H2,1-2H3,(H,20,22);1H. The summed E-state index contributed by atoms with van der Waals surface area (Å²) in [5.41, 5.74) is 0.769. The van der Waals surface area contributed by atoms with Gasteiger partial charge in [0.1, 0.15) is 0 Å². The van der Waals surface area contributed by atoms with E-state index < -0.39 is 0 Å². The Hall–Kier alpha value is -1.58. The molecule has 0 radical (unpaired) electrons. The van der Waals surface area contributed by atoms with E-state index in [9.17, 15) is 4.79 Å². The Balaban J connectivity index is 0.00000264. The quantitative estimate of drug-likeness (QED) is 0.737. The van der Waals surface area contributed by atoms with Crippen LogP contribution in [0.3, 0.4) is 0 Å². The lowest BCUT2D eigenvalue weighted by atomic mass is 10.0. The lowest BCUT2D eigenvalue weighted by Gasteiger charge is -2.09. The van der Waals surface area contributed by atoms with Crippen LogP contribution >= 0.6 is 12.4 Å². The van der Waals surface area contributed by atoms with Gasteiger partial charge in [-0.3, -0.25) is 4.79 Å². The molecule has 3 nitrogen and oxygen atoms in total. The molecule has 0 aliphatic rings. The van der Waals surface area contributed by atoms with Gasteiger partial charge in [-0.25, -0.2) is 0 Å². The maximum atomic E-state index is 12.3. The van der Waals surface area contributed by atoms with E-state index in [1.807, 2.05) is 42.5 Å². The summed E-state index contributed by atoms with van der Waals surface area (Å²) in [5, 5.41) is 5.17. The average molecular weight is 335 g/mol. The van der Waals surface area contributed by atoms with Crippen LogP contribution in [0.25, 0.3) is 10.8 Å². The third-order valence-electron chi connectivity index (χ3n) is 3.85. The van der Waals surface area contributed by atoms with Gasteiger partial charge < -0.3 is 10.2 Å². The Bertz CT molecular complexity index is 608. The predicted octanol–water partition coefficient (Wildman–Crippen LogP) is 4.11. The normalized spacial score (nSPS) is 10.6. The van der Waals surface area contributed by atoms with E-state index in [1.54, 1.807) is 0 Å². The molecule has 0 aliphatic heterocycles. The van der Waals surface area contributed by atoms with E-state index in [0.717, 1.165) is 35.8 Å². The zero-order valence-corrected chi connectivity index (χ0v) is 14.9. The summed E-state index contributed by atoms with van der Waals surface area (Å²) in [6.07, 6.45) is 4.67. The molecule has 0 aliphatic carbocycles. The first kappa shape index (κ1) is 19.5. The summed E-state index contributed by atoms with van der Waals surface area (Å²) < 4.78 is 0. The second-order valence-corrected chi connectivity index (χ2v) is 6.00. The van der Waals surface area contributed by atoms with Gasteiger partial charge in [-0.15, -0.1) is 12.4 Å². The number of amides is 1. The van der Waals surface area contributed by atoms with Crippen molar-refractivity contribution < 1.29 is 4.79 Å². The van der Waals surface area contributed by atoms with Crippen molar-refractivity contribution in [3.8, 4) is 0 Å². The largest absolute Gasteiger partial charge is 0.352 e. The Labute approximate surface area is 145 Å². The number of hydrogen-bond acceptors (Lipinski definition) is 2. The van der Waals surface area contributed by atoms with Crippen LogP contribution in [0.2, 0.25) is 0 Å². The highest BCUT2D eigenvalue weighted by Crippen LogP contribution is 2.18. The number of carbonyl (C=O) groups is 1. The molecule has 0 saturated carbocycles. The second-order valence-electron chi connectivity index (χ2n) is 6.00. The molecule has 0 heterocycles. The zero-order valence-electron chi connectivity index (χ0n) is 14.0. The van der Waals surface area contributed by atoms with Crippen molar-refractivity contribution >= 4 is 29.1 Å². The second kappa shape index (κ2) is 10.2. The van der Waals surface area contributed by atoms with Crippen molar-refractivity contribution in [1.29, 1.82) is 0 Å². The summed E-state index contributed by atoms with van der Waals surface area (Å²) in [6.45, 7) is 1.90. The fourth-order valence-electron chi connectivity index (χ4n) is 2.63. The molecule has 2 aromatic rings. The number of nitrogens with zero attached hydrogens (tertiary/aromatic N) is 1. The summed E-state index contributed by atoms with van der Waals surface area (Å²) >= 11 is 0. The molecule has 0 unspecified atom stereocenters. The molecule has 0 spiro atoms. The van der Waals surface area contributed by atoms with Crippen LogP contribution in [0.15, 0.2) is 42.5 Å². The summed E-state index contributed by atoms with van der Waals surface area (Å²) in [7, 11) is 4.20. The van der Waals surface area contributed by atoms with Crippen molar-refractivity contribution in [2.75, 3.05) is 27.2 Å². The fourth-order valence-corrected chi connectivity index (χ4v) is 2.63. The van der Waals surface area contributed by atoms with Crippen LogP contribution in [0.4, 0.5) is 0 Å². The number of benzene rings is 2. The predicted molar refractivity (Wildman–Crippen MR) is 101 cm³/mol. The van der Waals surface area contributed by atoms with Gasteiger partial charge in [0.05, 0.1) is 0 Å². The zero-order chi connectivity index (χ0) is 15.8. The van der Waals surface area contributed by atoms with Crippen molar-refractivity contribution in [3.63, 3.8) is 0 Å². The van der Waals surface area contributed by atoms with Gasteiger partial charge >= 0.3 is 0 Å². The monoisotopic (exact) mass is 334 g/mol. The van der Waals surface area contributed by atoms with E-state index in [-0.39, 0.29) is 18.3 Å². The topological polar surface area (TPSA) is 32.3 Å². The molecule has 0 aromatic heterocycles. The molecule has 4 heteroatoms. The minimum absolute atomic E-state index is 0. The fraction of sp³-hybridized carbons (Fsp3) is 0.421. The third kappa shape index (κ3) is 6.20. The van der Waals surface area contributed by atoms with Gasteiger partial charge in [0, 0.05) is 12.1 Å². The molecule has 0 fully saturated rings. The van der Waals surface area contributed by atoms with Gasteiger partial charge in [0.15, 0.2) is 0 Å². The summed E-state index contributed by atoms with van der Waals surface area (Å²) in [4.78, 5) is 14.5. The minimum atomic E-state index is 0. The highest BCUT2D eigenvalue weighted by molar-refractivity contribution is 6.06. The third-order valence-corrected chi connectivity index (χ3v) is 3.85. The number of nitrogens with one attached hydrogen (secondary N) is 1. The first-order chi connectivity index (χ1) is 10.7. The molecule has 1 amide bonds. The van der Waals surface area contributed by atoms with E-state index in [4.69, 9.17) is 0 Å². The Morgan fingerprint density at radius 2 is 1.65 bits per heavy atom. The van der Waals surface area contributed by atoms with Gasteiger partial charge in [0.2, 0.25) is 0 Å². The number of hydrogen-bond donors (Lipinski definition) is 1. The number of fused-ring (bicyclic) bond motifs is 1. The van der Waals surface area contributed by atoms with Crippen molar-refractivity contribution in [2.45, 2.75) is 25.7 Å². The van der Waals surface area contributed by atoms with E-state index in [1.165, 1.54) is 19.3 Å². The van der Waals surface area contributed by atoms with Crippen LogP contribution in [-0.2, 0) is 0 Å². The highest BCUT2D eigenvalue weighted by Gasteiger charge is 2.08. The molecular formula is C19H27ClN2O. The van der Waals surface area contributed by atoms with Crippen molar-refractivity contribution in [2.24, 2.45) is 0 Å². The van der Waals surface area contributed by atoms with Crippen LogP contribution in [-0.4, -0.2) is 38.0 Å². The minimum Gasteiger partial charge on any atom is -0.352 e. The molecule has 126 valence electrons. The Morgan fingerprint density at radius 1 is 0.957 bits per heavy atom. The number of rotatable bonds is 8. The molecule has 0 bridgehead atoms. The lowest BCUT2D eigenvalue weighted by Crippen LogP contribution is -2.24. The molecule has 23 heavy (non-hydrogen) atoms. The number of halogens is 1. The molecule has 1 N–H and O–H groups in total. The van der Waals surface area contributed by atoms with Gasteiger partial charge in [-0.1, -0.05) is 49.2 Å². The van der Waals surface area contributed by atoms with Crippen LogP contribution in [0, 0.1) is 0 Å². The molecule has 0 atom stereocenters. The maximum absolute atomic E-state index is 12.3. The van der Waals surface area contributed by atoms with Gasteiger partial charge in [-0.2, -0.15) is 0 Å². The first-order valence-corrected chi connectivity index (χ1v) is 8.09. The smallest absolute Gasteiger partial charge is 0.251 e. The highest BCUT2D eigenvalue weighted by atomic mass is 35.5. The van der Waals surface area contributed by atoms with Gasteiger partial charge in [0.25, 0.3) is 5.91 Å². The van der Waals surface area contributed by atoms with E-state index in [0.29, 0.717) is 0 Å². The lowest BCUT2D eigenvalue weighted by molar-refractivity contribution is 0.0954. The van der Waals surface area contributed by atoms with Crippen LogP contribution in [0.1, 0.15) is 36.0 Å². The first-order valence-electron chi connectivity index (χ1n) is 8.09. The molecule has 0 saturated heterocycles. The number of unbranched alkanes of at least 4 members (excludes halogenated alkanes) is 3. The number of carbonyl (C=O) groups excluding carboxylic acids is 1. The van der Waals surface area contributed by atoms with E-state index >= 15 is 0 Å². The maximum Gasteiger partial charge on any atom is 0.251 e. The Kier molecular flexibility index (Phi) is 8.67. The van der Waals surface area contributed by atoms with Crippen molar-refractivity contribution in [3.05, 3.63) is 48.0 Å². The molecule has 2 rings (SSSR count). The summed E-state index contributed by atoms with van der Waals surface area (Å²) in [6, 6.07) is 13.9. The summed E-state index contributed by atoms with van der Waals surface area (Å²) in [5.74, 6) is 0.0325. The Morgan fingerprint density at radius 3 is 2.43 bits per heavy atom. The SMILES string of the molecule is CN(C)CCCCCCNC(=O)c1cccc2ccccc12.Cl.